The monoisotopic (exact) mass is 230 g/mol. The lowest BCUT2D eigenvalue weighted by atomic mass is 10.0. The summed E-state index contributed by atoms with van der Waals surface area (Å²) in [5.74, 6) is 0.963. The molecule has 1 saturated heterocycles. The number of likely N-dealkylation sites (tertiary alicyclic amines) is 1. The van der Waals surface area contributed by atoms with E-state index in [0.29, 0.717) is 0 Å². The van der Waals surface area contributed by atoms with Crippen molar-refractivity contribution in [1.82, 2.24) is 4.90 Å². The molecule has 2 aliphatic rings. The summed E-state index contributed by atoms with van der Waals surface area (Å²) in [5.41, 5.74) is 8.93. The first-order valence-electron chi connectivity index (χ1n) is 6.78. The maximum atomic E-state index is 6.33. The molecule has 2 bridgehead atoms. The van der Waals surface area contributed by atoms with Crippen LogP contribution in [-0.4, -0.2) is 24.0 Å². The minimum absolute atomic E-state index is 0.175. The van der Waals surface area contributed by atoms with Gasteiger partial charge in [0.15, 0.2) is 0 Å². The van der Waals surface area contributed by atoms with Crippen molar-refractivity contribution >= 4 is 0 Å². The quantitative estimate of drug-likeness (QED) is 0.864. The standard InChI is InChI=1S/C15H22N2/c1-11-3-2-4-13(7-11)15(16)10-17-9-12-5-6-14(17)8-12/h2-4,7,12,14-15H,5-6,8-10,16H2,1H3. The smallest absolute Gasteiger partial charge is 0.0424 e. The van der Waals surface area contributed by atoms with Crippen LogP contribution in [0.1, 0.15) is 36.4 Å². The molecular weight excluding hydrogens is 208 g/mol. The molecule has 1 aromatic rings. The van der Waals surface area contributed by atoms with E-state index in [4.69, 9.17) is 5.73 Å². The average Bonchev–Trinajstić information content (AvgIpc) is 2.91. The number of hydrogen-bond donors (Lipinski definition) is 1. The largest absolute Gasteiger partial charge is 0.323 e. The molecule has 3 unspecified atom stereocenters. The van der Waals surface area contributed by atoms with Crippen LogP contribution in [-0.2, 0) is 0 Å². The number of fused-ring (bicyclic) bond motifs is 2. The first-order chi connectivity index (χ1) is 8.22. The highest BCUT2D eigenvalue weighted by atomic mass is 15.2. The van der Waals surface area contributed by atoms with Gasteiger partial charge in [-0.2, -0.15) is 0 Å². The Hall–Kier alpha value is -0.860. The predicted molar refractivity (Wildman–Crippen MR) is 70.8 cm³/mol. The van der Waals surface area contributed by atoms with E-state index in [1.165, 1.54) is 36.9 Å². The lowest BCUT2D eigenvalue weighted by Crippen LogP contribution is -2.37. The highest BCUT2D eigenvalue weighted by Crippen LogP contribution is 2.37. The number of benzene rings is 1. The van der Waals surface area contributed by atoms with Gasteiger partial charge in [0, 0.05) is 25.2 Å². The molecule has 1 aliphatic carbocycles. The number of nitrogens with zero attached hydrogens (tertiary/aromatic N) is 1. The number of hydrogen-bond acceptors (Lipinski definition) is 2. The van der Waals surface area contributed by atoms with E-state index in [0.717, 1.165) is 18.5 Å². The summed E-state index contributed by atoms with van der Waals surface area (Å²) in [4.78, 5) is 2.61. The highest BCUT2D eigenvalue weighted by molar-refractivity contribution is 5.25. The fraction of sp³-hybridized carbons (Fsp3) is 0.600. The minimum atomic E-state index is 0.175. The molecule has 1 heterocycles. The van der Waals surface area contributed by atoms with E-state index in [-0.39, 0.29) is 6.04 Å². The Kier molecular flexibility index (Phi) is 2.93. The van der Waals surface area contributed by atoms with Crippen LogP contribution in [0.3, 0.4) is 0 Å². The molecule has 92 valence electrons. The SMILES string of the molecule is Cc1cccc(C(N)CN2CC3CCC2C3)c1. The number of nitrogens with two attached hydrogens (primary N) is 1. The molecule has 0 spiro atoms. The third-order valence-corrected chi connectivity index (χ3v) is 4.42. The second-order valence-electron chi connectivity index (χ2n) is 5.81. The molecule has 0 aromatic heterocycles. The summed E-state index contributed by atoms with van der Waals surface area (Å²) >= 11 is 0. The zero-order valence-corrected chi connectivity index (χ0v) is 10.6. The minimum Gasteiger partial charge on any atom is -0.323 e. The molecule has 1 saturated carbocycles. The van der Waals surface area contributed by atoms with Crippen LogP contribution in [0.4, 0.5) is 0 Å². The van der Waals surface area contributed by atoms with Gasteiger partial charge in [-0.25, -0.2) is 0 Å². The third-order valence-electron chi connectivity index (χ3n) is 4.42. The fourth-order valence-electron chi connectivity index (χ4n) is 3.51. The molecule has 0 amide bonds. The van der Waals surface area contributed by atoms with E-state index in [9.17, 15) is 0 Å². The number of rotatable bonds is 3. The van der Waals surface area contributed by atoms with Crippen molar-refractivity contribution in [1.29, 1.82) is 0 Å². The Morgan fingerprint density at radius 1 is 1.41 bits per heavy atom. The van der Waals surface area contributed by atoms with Gasteiger partial charge in [0.25, 0.3) is 0 Å². The zero-order valence-electron chi connectivity index (χ0n) is 10.6. The van der Waals surface area contributed by atoms with Crippen LogP contribution in [0.15, 0.2) is 24.3 Å². The molecule has 0 radical (unpaired) electrons. The summed E-state index contributed by atoms with van der Waals surface area (Å²) in [6.45, 7) is 4.45. The molecule has 2 nitrogen and oxygen atoms in total. The maximum Gasteiger partial charge on any atom is 0.0424 e. The summed E-state index contributed by atoms with van der Waals surface area (Å²) in [5, 5.41) is 0. The predicted octanol–water partition coefficient (Wildman–Crippen LogP) is 2.48. The van der Waals surface area contributed by atoms with Gasteiger partial charge >= 0.3 is 0 Å². The van der Waals surface area contributed by atoms with Crippen LogP contribution >= 0.6 is 0 Å². The topological polar surface area (TPSA) is 29.3 Å². The average molecular weight is 230 g/mol. The highest BCUT2D eigenvalue weighted by Gasteiger charge is 2.37. The maximum absolute atomic E-state index is 6.33. The van der Waals surface area contributed by atoms with Gasteiger partial charge in [-0.05, 0) is 37.7 Å². The molecular formula is C15H22N2. The van der Waals surface area contributed by atoms with Crippen molar-refractivity contribution in [3.05, 3.63) is 35.4 Å². The molecule has 2 N–H and O–H groups in total. The Morgan fingerprint density at radius 3 is 2.94 bits per heavy atom. The number of piperidine rings is 1. The second kappa shape index (κ2) is 4.43. The van der Waals surface area contributed by atoms with Crippen molar-refractivity contribution in [3.63, 3.8) is 0 Å². The molecule has 1 aromatic carbocycles. The molecule has 2 fully saturated rings. The lowest BCUT2D eigenvalue weighted by molar-refractivity contribution is 0.202. The van der Waals surface area contributed by atoms with Gasteiger partial charge in [-0.15, -0.1) is 0 Å². The molecule has 3 atom stereocenters. The first kappa shape index (κ1) is 11.2. The van der Waals surface area contributed by atoms with E-state index in [2.05, 4.69) is 36.1 Å². The van der Waals surface area contributed by atoms with Gasteiger partial charge in [0.2, 0.25) is 0 Å². The van der Waals surface area contributed by atoms with Crippen molar-refractivity contribution in [2.75, 3.05) is 13.1 Å². The van der Waals surface area contributed by atoms with Crippen LogP contribution in [0, 0.1) is 12.8 Å². The van der Waals surface area contributed by atoms with Crippen LogP contribution < -0.4 is 5.73 Å². The summed E-state index contributed by atoms with van der Waals surface area (Å²) in [6.07, 6.45) is 4.26. The Balaban J connectivity index is 1.65. The van der Waals surface area contributed by atoms with Crippen LogP contribution in [0.25, 0.3) is 0 Å². The van der Waals surface area contributed by atoms with Crippen molar-refractivity contribution in [3.8, 4) is 0 Å². The van der Waals surface area contributed by atoms with Gasteiger partial charge in [-0.1, -0.05) is 29.8 Å². The Morgan fingerprint density at radius 2 is 2.29 bits per heavy atom. The Bertz CT molecular complexity index is 402. The molecule has 1 aliphatic heterocycles. The van der Waals surface area contributed by atoms with E-state index in [1.54, 1.807) is 0 Å². The third kappa shape index (κ3) is 2.24. The Labute approximate surface area is 104 Å². The fourth-order valence-corrected chi connectivity index (χ4v) is 3.51. The molecule has 2 heteroatoms. The molecule has 17 heavy (non-hydrogen) atoms. The van der Waals surface area contributed by atoms with Crippen molar-refractivity contribution in [2.24, 2.45) is 11.7 Å². The van der Waals surface area contributed by atoms with Crippen LogP contribution in [0.5, 0.6) is 0 Å². The van der Waals surface area contributed by atoms with Crippen LogP contribution in [0.2, 0.25) is 0 Å². The van der Waals surface area contributed by atoms with Gasteiger partial charge in [0.1, 0.15) is 0 Å². The lowest BCUT2D eigenvalue weighted by Gasteiger charge is -2.29. The van der Waals surface area contributed by atoms with E-state index in [1.807, 2.05) is 0 Å². The first-order valence-corrected chi connectivity index (χ1v) is 6.78. The van der Waals surface area contributed by atoms with Crippen molar-refractivity contribution < 1.29 is 0 Å². The van der Waals surface area contributed by atoms with Gasteiger partial charge in [0.05, 0.1) is 0 Å². The van der Waals surface area contributed by atoms with Crippen molar-refractivity contribution in [2.45, 2.75) is 38.3 Å². The van der Waals surface area contributed by atoms with E-state index >= 15 is 0 Å². The number of aryl methyl sites for hydroxylation is 1. The summed E-state index contributed by atoms with van der Waals surface area (Å²) in [7, 11) is 0. The van der Waals surface area contributed by atoms with E-state index < -0.39 is 0 Å². The zero-order chi connectivity index (χ0) is 11.8. The second-order valence-corrected chi connectivity index (χ2v) is 5.81. The summed E-state index contributed by atoms with van der Waals surface area (Å²) in [6, 6.07) is 9.63. The normalized spacial score (nSPS) is 29.8. The van der Waals surface area contributed by atoms with Gasteiger partial charge in [-0.3, -0.25) is 4.90 Å². The summed E-state index contributed by atoms with van der Waals surface area (Å²) < 4.78 is 0. The van der Waals surface area contributed by atoms with Gasteiger partial charge < -0.3 is 5.73 Å². The molecule has 3 rings (SSSR count).